The molecule has 1 aromatic heterocycles. The number of para-hydroxylation sites is 1. The number of aromatic nitrogens is 1. The third-order valence-electron chi connectivity index (χ3n) is 2.95. The van der Waals surface area contributed by atoms with Crippen LogP contribution in [0.3, 0.4) is 0 Å². The van der Waals surface area contributed by atoms with Gasteiger partial charge in [0.05, 0.1) is 24.4 Å². The molecular formula is C14H18N2O2S. The van der Waals surface area contributed by atoms with Gasteiger partial charge >= 0.3 is 0 Å². The Morgan fingerprint density at radius 3 is 2.89 bits per heavy atom. The van der Waals surface area contributed by atoms with Crippen molar-refractivity contribution in [1.29, 1.82) is 0 Å². The first kappa shape index (κ1) is 14.0. The third-order valence-corrected chi connectivity index (χ3v) is 3.94. The molecular weight excluding hydrogens is 260 g/mol. The smallest absolute Gasteiger partial charge is 0.104 e. The van der Waals surface area contributed by atoms with Crippen molar-refractivity contribution in [2.45, 2.75) is 19.4 Å². The lowest BCUT2D eigenvalue weighted by Gasteiger charge is -2.13. The van der Waals surface area contributed by atoms with Gasteiger partial charge in [0.1, 0.15) is 6.10 Å². The van der Waals surface area contributed by atoms with E-state index >= 15 is 0 Å². The molecule has 0 spiro atoms. The van der Waals surface area contributed by atoms with E-state index in [1.165, 1.54) is 4.88 Å². The quantitative estimate of drug-likeness (QED) is 0.628. The lowest BCUT2D eigenvalue weighted by Crippen LogP contribution is -2.11. The van der Waals surface area contributed by atoms with Gasteiger partial charge in [0, 0.05) is 22.5 Å². The molecule has 1 unspecified atom stereocenters. The van der Waals surface area contributed by atoms with Crippen LogP contribution >= 0.6 is 11.3 Å². The highest BCUT2D eigenvalue weighted by Crippen LogP contribution is 2.20. The summed E-state index contributed by atoms with van der Waals surface area (Å²) < 4.78 is 5.51. The summed E-state index contributed by atoms with van der Waals surface area (Å²) in [6, 6.07) is 7.30. The summed E-state index contributed by atoms with van der Waals surface area (Å²) in [5.41, 5.74) is 10.0. The fourth-order valence-electron chi connectivity index (χ4n) is 1.83. The van der Waals surface area contributed by atoms with E-state index < -0.39 is 6.10 Å². The number of thiazole rings is 1. The number of nitrogens with two attached hydrogens (primary N) is 1. The zero-order valence-electron chi connectivity index (χ0n) is 10.9. The monoisotopic (exact) mass is 278 g/mol. The first-order valence-corrected chi connectivity index (χ1v) is 7.05. The van der Waals surface area contributed by atoms with Crippen LogP contribution in [-0.4, -0.2) is 23.3 Å². The number of nitrogen functional groups attached to an aromatic ring is 1. The Hall–Kier alpha value is -1.43. The lowest BCUT2D eigenvalue weighted by atomic mass is 10.1. The van der Waals surface area contributed by atoms with Gasteiger partial charge in [-0.1, -0.05) is 18.2 Å². The fraction of sp³-hybridized carbons (Fsp3) is 0.357. The van der Waals surface area contributed by atoms with Crippen LogP contribution in [0.4, 0.5) is 5.69 Å². The van der Waals surface area contributed by atoms with Gasteiger partial charge in [0.25, 0.3) is 0 Å². The average Bonchev–Trinajstić information content (AvgIpc) is 2.80. The van der Waals surface area contributed by atoms with E-state index in [0.29, 0.717) is 12.3 Å². The number of aryl methyl sites for hydroxylation is 1. The standard InChI is InChI=1S/C14H18N2O2S/c1-10-14(19-9-16-10)6-7-18-8-13(17)11-4-2-3-5-12(11)15/h2-5,9,13,17H,6-8,15H2,1H3. The molecule has 0 saturated heterocycles. The van der Waals surface area contributed by atoms with Gasteiger partial charge in [-0.25, -0.2) is 4.98 Å². The van der Waals surface area contributed by atoms with E-state index in [2.05, 4.69) is 4.98 Å². The van der Waals surface area contributed by atoms with Gasteiger partial charge in [0.15, 0.2) is 0 Å². The van der Waals surface area contributed by atoms with E-state index in [9.17, 15) is 5.11 Å². The third kappa shape index (κ3) is 3.76. The zero-order valence-corrected chi connectivity index (χ0v) is 11.7. The van der Waals surface area contributed by atoms with Gasteiger partial charge in [-0.3, -0.25) is 0 Å². The Bertz CT molecular complexity index is 528. The highest BCUT2D eigenvalue weighted by Gasteiger charge is 2.10. The summed E-state index contributed by atoms with van der Waals surface area (Å²) in [5, 5.41) is 10.00. The van der Waals surface area contributed by atoms with Crippen molar-refractivity contribution in [2.75, 3.05) is 18.9 Å². The van der Waals surface area contributed by atoms with Crippen LogP contribution in [0.25, 0.3) is 0 Å². The summed E-state index contributed by atoms with van der Waals surface area (Å²) >= 11 is 1.63. The maximum absolute atomic E-state index is 10.00. The topological polar surface area (TPSA) is 68.4 Å². The predicted octanol–water partition coefficient (Wildman–Crippen LogP) is 2.33. The molecule has 2 aromatic rings. The van der Waals surface area contributed by atoms with Gasteiger partial charge < -0.3 is 15.6 Å². The van der Waals surface area contributed by atoms with Crippen molar-refractivity contribution in [3.05, 3.63) is 45.9 Å². The van der Waals surface area contributed by atoms with Gasteiger partial charge in [-0.05, 0) is 13.0 Å². The number of nitrogens with zero attached hydrogens (tertiary/aromatic N) is 1. The van der Waals surface area contributed by atoms with Crippen LogP contribution < -0.4 is 5.73 Å². The molecule has 1 atom stereocenters. The van der Waals surface area contributed by atoms with Gasteiger partial charge in [-0.2, -0.15) is 0 Å². The largest absolute Gasteiger partial charge is 0.398 e. The minimum absolute atomic E-state index is 0.256. The van der Waals surface area contributed by atoms with Crippen molar-refractivity contribution in [3.8, 4) is 0 Å². The SMILES string of the molecule is Cc1ncsc1CCOCC(O)c1ccccc1N. The molecule has 3 N–H and O–H groups in total. The molecule has 0 aliphatic heterocycles. The molecule has 1 heterocycles. The van der Waals surface area contributed by atoms with Crippen LogP contribution in [0.5, 0.6) is 0 Å². The van der Waals surface area contributed by atoms with E-state index in [1.54, 1.807) is 17.4 Å². The fourth-order valence-corrected chi connectivity index (χ4v) is 2.59. The molecule has 0 bridgehead atoms. The highest BCUT2D eigenvalue weighted by atomic mass is 32.1. The summed E-state index contributed by atoms with van der Waals surface area (Å²) in [6.07, 6.45) is 0.150. The molecule has 0 radical (unpaired) electrons. The van der Waals surface area contributed by atoms with E-state index in [-0.39, 0.29) is 6.61 Å². The average molecular weight is 278 g/mol. The number of rotatable bonds is 6. The second-order valence-corrected chi connectivity index (χ2v) is 5.27. The molecule has 0 saturated carbocycles. The first-order valence-electron chi connectivity index (χ1n) is 6.17. The van der Waals surface area contributed by atoms with Crippen molar-refractivity contribution < 1.29 is 9.84 Å². The summed E-state index contributed by atoms with van der Waals surface area (Å²) in [7, 11) is 0. The Kier molecular flexibility index (Phi) is 4.90. The summed E-state index contributed by atoms with van der Waals surface area (Å²) in [4.78, 5) is 5.42. The second-order valence-electron chi connectivity index (χ2n) is 4.33. The van der Waals surface area contributed by atoms with Crippen molar-refractivity contribution >= 4 is 17.0 Å². The molecule has 0 aliphatic carbocycles. The normalized spacial score (nSPS) is 12.5. The number of aliphatic hydroxyl groups is 1. The van der Waals surface area contributed by atoms with Crippen molar-refractivity contribution in [2.24, 2.45) is 0 Å². The van der Waals surface area contributed by atoms with Crippen LogP contribution in [0.15, 0.2) is 29.8 Å². The Labute approximate surface area is 116 Å². The minimum Gasteiger partial charge on any atom is -0.398 e. The van der Waals surface area contributed by atoms with Crippen LogP contribution in [-0.2, 0) is 11.2 Å². The molecule has 102 valence electrons. The maximum Gasteiger partial charge on any atom is 0.104 e. The molecule has 4 nitrogen and oxygen atoms in total. The molecule has 19 heavy (non-hydrogen) atoms. The molecule has 0 amide bonds. The predicted molar refractivity (Wildman–Crippen MR) is 77.2 cm³/mol. The lowest BCUT2D eigenvalue weighted by molar-refractivity contribution is 0.0379. The Balaban J connectivity index is 1.77. The van der Waals surface area contributed by atoms with Crippen LogP contribution in [0, 0.1) is 6.92 Å². The summed E-state index contributed by atoms with van der Waals surface area (Å²) in [6.45, 7) is 2.82. The molecule has 0 fully saturated rings. The number of ether oxygens (including phenoxy) is 1. The van der Waals surface area contributed by atoms with Gasteiger partial charge in [0.2, 0.25) is 0 Å². The van der Waals surface area contributed by atoms with Crippen molar-refractivity contribution in [1.82, 2.24) is 4.98 Å². The first-order chi connectivity index (χ1) is 9.18. The van der Waals surface area contributed by atoms with Crippen LogP contribution in [0.1, 0.15) is 22.2 Å². The number of aliphatic hydroxyl groups excluding tert-OH is 1. The zero-order chi connectivity index (χ0) is 13.7. The maximum atomic E-state index is 10.00. The van der Waals surface area contributed by atoms with E-state index in [1.807, 2.05) is 30.6 Å². The highest BCUT2D eigenvalue weighted by molar-refractivity contribution is 7.09. The van der Waals surface area contributed by atoms with E-state index in [0.717, 1.165) is 17.7 Å². The number of anilines is 1. The van der Waals surface area contributed by atoms with Crippen LogP contribution in [0.2, 0.25) is 0 Å². The van der Waals surface area contributed by atoms with E-state index in [4.69, 9.17) is 10.5 Å². The number of hydrogen-bond acceptors (Lipinski definition) is 5. The summed E-state index contributed by atoms with van der Waals surface area (Å²) in [5.74, 6) is 0. The Morgan fingerprint density at radius 1 is 1.42 bits per heavy atom. The number of hydrogen-bond donors (Lipinski definition) is 2. The molecule has 5 heteroatoms. The molecule has 0 aliphatic rings. The Morgan fingerprint density at radius 2 is 2.21 bits per heavy atom. The molecule has 1 aromatic carbocycles. The van der Waals surface area contributed by atoms with Crippen molar-refractivity contribution in [3.63, 3.8) is 0 Å². The molecule has 2 rings (SSSR count). The number of benzene rings is 1. The van der Waals surface area contributed by atoms with Gasteiger partial charge in [-0.15, -0.1) is 11.3 Å². The minimum atomic E-state index is -0.677. The second kappa shape index (κ2) is 6.65.